The van der Waals surface area contributed by atoms with Gasteiger partial charge >= 0.3 is 6.03 Å². The van der Waals surface area contributed by atoms with Gasteiger partial charge in [-0.1, -0.05) is 30.3 Å². The monoisotopic (exact) mass is 363 g/mol. The van der Waals surface area contributed by atoms with Crippen LogP contribution in [0, 0.1) is 0 Å². The van der Waals surface area contributed by atoms with Crippen molar-refractivity contribution in [3.8, 4) is 11.4 Å². The summed E-state index contributed by atoms with van der Waals surface area (Å²) in [5.74, 6) is 2.60. The molecule has 2 unspecified atom stereocenters. The number of rotatable bonds is 3. The molecule has 3 aromatic rings. The Kier molecular flexibility index (Phi) is 3.92. The smallest absolute Gasteiger partial charge is 0.318 e. The maximum atomic E-state index is 12.9. The van der Waals surface area contributed by atoms with E-state index in [9.17, 15) is 4.79 Å². The Morgan fingerprint density at radius 1 is 1.11 bits per heavy atom. The molecular weight excluding hydrogens is 342 g/mol. The van der Waals surface area contributed by atoms with Crippen molar-refractivity contribution in [3.63, 3.8) is 0 Å². The minimum Gasteiger partial charge on any atom is -0.467 e. The van der Waals surface area contributed by atoms with Crippen molar-refractivity contribution in [3.05, 3.63) is 60.3 Å². The average molecular weight is 363 g/mol. The predicted molar refractivity (Wildman–Crippen MR) is 98.8 cm³/mol. The topological polar surface area (TPSA) is 76.2 Å². The van der Waals surface area contributed by atoms with Gasteiger partial charge in [0.25, 0.3) is 0 Å². The van der Waals surface area contributed by atoms with E-state index in [1.165, 1.54) is 0 Å². The van der Waals surface area contributed by atoms with Crippen LogP contribution in [0.4, 0.5) is 4.79 Å². The predicted octanol–water partition coefficient (Wildman–Crippen LogP) is 2.84. The van der Waals surface area contributed by atoms with E-state index in [0.717, 1.165) is 48.8 Å². The van der Waals surface area contributed by atoms with Crippen LogP contribution in [-0.4, -0.2) is 37.8 Å². The van der Waals surface area contributed by atoms with Gasteiger partial charge in [0.2, 0.25) is 0 Å². The summed E-state index contributed by atoms with van der Waals surface area (Å²) in [6.07, 6.45) is 4.37. The fourth-order valence-electron chi connectivity index (χ4n) is 4.24. The molecule has 1 N–H and O–H groups in total. The van der Waals surface area contributed by atoms with E-state index in [2.05, 4.69) is 20.1 Å². The molecular formula is C20H21N5O2. The Morgan fingerprint density at radius 3 is 2.78 bits per heavy atom. The minimum absolute atomic E-state index is 0.0288. The fourth-order valence-corrected chi connectivity index (χ4v) is 4.24. The summed E-state index contributed by atoms with van der Waals surface area (Å²) >= 11 is 0. The van der Waals surface area contributed by atoms with Crippen LogP contribution in [0.1, 0.15) is 24.4 Å². The molecule has 2 aliphatic heterocycles. The number of carbonyl (C=O) groups excluding carboxylic acids is 1. The van der Waals surface area contributed by atoms with Gasteiger partial charge in [0.05, 0.1) is 18.8 Å². The normalized spacial score (nSPS) is 21.0. The summed E-state index contributed by atoms with van der Waals surface area (Å²) in [6, 6.07) is 14.1. The number of hydrogen-bond acceptors (Lipinski definition) is 4. The van der Waals surface area contributed by atoms with Crippen molar-refractivity contribution < 1.29 is 9.21 Å². The molecule has 2 bridgehead atoms. The van der Waals surface area contributed by atoms with Crippen LogP contribution in [0.2, 0.25) is 0 Å². The van der Waals surface area contributed by atoms with E-state index in [-0.39, 0.29) is 18.1 Å². The number of urea groups is 1. The van der Waals surface area contributed by atoms with Gasteiger partial charge < -0.3 is 19.2 Å². The highest BCUT2D eigenvalue weighted by Gasteiger charge is 2.41. The first-order chi connectivity index (χ1) is 13.3. The number of furan rings is 1. The first-order valence-electron chi connectivity index (χ1n) is 9.35. The molecule has 7 heteroatoms. The third-order valence-corrected chi connectivity index (χ3v) is 5.52. The van der Waals surface area contributed by atoms with Crippen molar-refractivity contribution in [2.24, 2.45) is 0 Å². The Balaban J connectivity index is 1.38. The zero-order valence-electron chi connectivity index (χ0n) is 14.9. The number of fused-ring (bicyclic) bond motifs is 3. The molecule has 2 aromatic heterocycles. The highest BCUT2D eigenvalue weighted by Crippen LogP contribution is 2.33. The number of benzene rings is 1. The van der Waals surface area contributed by atoms with Crippen LogP contribution >= 0.6 is 0 Å². The summed E-state index contributed by atoms with van der Waals surface area (Å²) in [5, 5.41) is 11.9. The zero-order chi connectivity index (χ0) is 18.2. The molecule has 0 radical (unpaired) electrons. The number of hydrogen-bond donors (Lipinski definition) is 1. The van der Waals surface area contributed by atoms with Crippen molar-refractivity contribution in [2.75, 3.05) is 0 Å². The Hall–Kier alpha value is -3.09. The van der Waals surface area contributed by atoms with Crippen LogP contribution in [-0.2, 0) is 19.5 Å². The molecule has 138 valence electrons. The third-order valence-electron chi connectivity index (χ3n) is 5.52. The highest BCUT2D eigenvalue weighted by molar-refractivity contribution is 5.75. The van der Waals surface area contributed by atoms with Crippen LogP contribution in [0.15, 0.2) is 53.1 Å². The van der Waals surface area contributed by atoms with Crippen LogP contribution in [0.3, 0.4) is 0 Å². The van der Waals surface area contributed by atoms with Crippen LogP contribution in [0.25, 0.3) is 11.4 Å². The lowest BCUT2D eigenvalue weighted by atomic mass is 10.1. The zero-order valence-corrected chi connectivity index (χ0v) is 14.9. The first-order valence-corrected chi connectivity index (χ1v) is 9.35. The summed E-state index contributed by atoms with van der Waals surface area (Å²) in [4.78, 5) is 14.9. The van der Waals surface area contributed by atoms with Crippen LogP contribution in [0.5, 0.6) is 0 Å². The number of nitrogens with zero attached hydrogens (tertiary/aromatic N) is 4. The molecule has 2 amide bonds. The van der Waals surface area contributed by atoms with Gasteiger partial charge in [-0.05, 0) is 25.0 Å². The lowest BCUT2D eigenvalue weighted by Gasteiger charge is -2.28. The molecule has 0 spiro atoms. The molecule has 7 nitrogen and oxygen atoms in total. The maximum absolute atomic E-state index is 12.9. The lowest BCUT2D eigenvalue weighted by molar-refractivity contribution is 0.170. The number of amides is 2. The quantitative estimate of drug-likeness (QED) is 0.776. The molecule has 1 aromatic carbocycles. The molecule has 1 saturated heterocycles. The molecule has 2 atom stereocenters. The Bertz CT molecular complexity index is 935. The fraction of sp³-hybridized carbons (Fsp3) is 0.350. The van der Waals surface area contributed by atoms with Gasteiger partial charge in [0.15, 0.2) is 5.82 Å². The number of nitrogens with one attached hydrogen (secondary N) is 1. The van der Waals surface area contributed by atoms with Crippen molar-refractivity contribution in [1.29, 1.82) is 0 Å². The van der Waals surface area contributed by atoms with E-state index in [0.29, 0.717) is 6.54 Å². The summed E-state index contributed by atoms with van der Waals surface area (Å²) in [5.41, 5.74) is 1.06. The summed E-state index contributed by atoms with van der Waals surface area (Å²) in [7, 11) is 0. The van der Waals surface area contributed by atoms with Gasteiger partial charge in [-0.15, -0.1) is 10.2 Å². The lowest BCUT2D eigenvalue weighted by Crippen LogP contribution is -2.47. The van der Waals surface area contributed by atoms with Gasteiger partial charge in [0, 0.05) is 24.6 Å². The second kappa shape index (κ2) is 6.57. The first kappa shape index (κ1) is 16.1. The minimum atomic E-state index is -0.0288. The molecule has 0 aliphatic carbocycles. The largest absolute Gasteiger partial charge is 0.467 e. The summed E-state index contributed by atoms with van der Waals surface area (Å²) < 4.78 is 7.50. The van der Waals surface area contributed by atoms with Gasteiger partial charge in [0.1, 0.15) is 11.6 Å². The molecule has 5 rings (SSSR count). The molecule has 4 heterocycles. The molecule has 1 fully saturated rings. The second-order valence-corrected chi connectivity index (χ2v) is 7.15. The van der Waals surface area contributed by atoms with Gasteiger partial charge in [-0.2, -0.15) is 0 Å². The second-order valence-electron chi connectivity index (χ2n) is 7.15. The van der Waals surface area contributed by atoms with E-state index in [4.69, 9.17) is 4.42 Å². The van der Waals surface area contributed by atoms with E-state index in [1.807, 2.05) is 47.4 Å². The van der Waals surface area contributed by atoms with Crippen molar-refractivity contribution in [1.82, 2.24) is 25.0 Å². The molecule has 0 saturated carbocycles. The van der Waals surface area contributed by atoms with E-state index < -0.39 is 0 Å². The standard InChI is InChI=1S/C20H21N5O2/c26-20(21-12-17-7-4-10-27-17)25-15-8-9-16(25)13-24-18(11-15)22-23-19(24)14-5-2-1-3-6-14/h1-7,10,15-16H,8-9,11-13H2,(H,21,26). The molecule has 27 heavy (non-hydrogen) atoms. The van der Waals surface area contributed by atoms with E-state index in [1.54, 1.807) is 6.26 Å². The van der Waals surface area contributed by atoms with Crippen molar-refractivity contribution in [2.45, 2.75) is 44.4 Å². The number of aromatic nitrogens is 3. The maximum Gasteiger partial charge on any atom is 0.318 e. The Morgan fingerprint density at radius 2 is 1.96 bits per heavy atom. The number of carbonyl (C=O) groups is 1. The average Bonchev–Trinajstić information content (AvgIpc) is 3.40. The summed E-state index contributed by atoms with van der Waals surface area (Å²) in [6.45, 7) is 1.14. The van der Waals surface area contributed by atoms with Crippen LogP contribution < -0.4 is 5.32 Å². The molecule has 2 aliphatic rings. The van der Waals surface area contributed by atoms with Gasteiger partial charge in [-0.3, -0.25) is 0 Å². The van der Waals surface area contributed by atoms with Gasteiger partial charge in [-0.25, -0.2) is 4.79 Å². The Labute approximate surface area is 157 Å². The highest BCUT2D eigenvalue weighted by atomic mass is 16.3. The van der Waals surface area contributed by atoms with E-state index >= 15 is 0 Å². The van der Waals surface area contributed by atoms with Crippen molar-refractivity contribution >= 4 is 6.03 Å². The SMILES string of the molecule is O=C(NCc1ccco1)N1C2CCC1Cn1c(nnc1-c1ccccc1)C2. The third kappa shape index (κ3) is 2.89.